The first kappa shape index (κ1) is 16.8. The summed E-state index contributed by atoms with van der Waals surface area (Å²) in [6.07, 6.45) is 3.95. The van der Waals surface area contributed by atoms with E-state index in [9.17, 15) is 4.39 Å². The Morgan fingerprint density at radius 3 is 2.30 bits per heavy atom. The number of rotatable bonds is 8. The van der Waals surface area contributed by atoms with E-state index in [1.165, 1.54) is 0 Å². The average Bonchev–Trinajstić information content (AvgIpc) is 2.56. The molecule has 5 heteroatoms. The van der Waals surface area contributed by atoms with Crippen LogP contribution in [0, 0.1) is 0 Å². The summed E-state index contributed by atoms with van der Waals surface area (Å²) < 4.78 is 22.5. The van der Waals surface area contributed by atoms with E-state index in [4.69, 9.17) is 20.9 Å². The van der Waals surface area contributed by atoms with Crippen molar-refractivity contribution in [3.63, 3.8) is 0 Å². The number of hydrogen-bond donors (Lipinski definition) is 2. The van der Waals surface area contributed by atoms with Crippen LogP contribution in [0.4, 0.5) is 15.8 Å². The quantitative estimate of drug-likeness (QED) is 0.445. The SMILES string of the molecule is Nc1ccc(/C=C/c2ccc(N)c(OCCOCCF)c2)cc1. The Bertz CT molecular complexity index is 642. The maximum atomic E-state index is 11.9. The molecule has 0 heterocycles. The van der Waals surface area contributed by atoms with Crippen molar-refractivity contribution in [1.29, 1.82) is 0 Å². The Labute approximate surface area is 135 Å². The molecule has 0 atom stereocenters. The van der Waals surface area contributed by atoms with Crippen LogP contribution in [0.2, 0.25) is 0 Å². The van der Waals surface area contributed by atoms with Crippen molar-refractivity contribution in [2.24, 2.45) is 0 Å². The topological polar surface area (TPSA) is 70.5 Å². The highest BCUT2D eigenvalue weighted by Crippen LogP contribution is 2.24. The van der Waals surface area contributed by atoms with E-state index in [1.807, 2.05) is 48.6 Å². The van der Waals surface area contributed by atoms with Gasteiger partial charge in [0.15, 0.2) is 0 Å². The van der Waals surface area contributed by atoms with Crippen molar-refractivity contribution in [3.05, 3.63) is 53.6 Å². The van der Waals surface area contributed by atoms with Crippen LogP contribution in [-0.4, -0.2) is 26.5 Å². The van der Waals surface area contributed by atoms with Gasteiger partial charge in [-0.2, -0.15) is 0 Å². The van der Waals surface area contributed by atoms with Crippen LogP contribution in [0.5, 0.6) is 5.75 Å². The summed E-state index contributed by atoms with van der Waals surface area (Å²) in [6.45, 7) is 0.251. The molecule has 2 rings (SSSR count). The molecule has 0 aromatic heterocycles. The third kappa shape index (κ3) is 5.64. The van der Waals surface area contributed by atoms with E-state index < -0.39 is 6.67 Å². The first-order valence-corrected chi connectivity index (χ1v) is 7.38. The lowest BCUT2D eigenvalue weighted by Crippen LogP contribution is -2.09. The predicted molar refractivity (Wildman–Crippen MR) is 92.9 cm³/mol. The van der Waals surface area contributed by atoms with Crippen LogP contribution in [0.25, 0.3) is 12.2 Å². The fourth-order valence-electron chi connectivity index (χ4n) is 1.95. The molecule has 0 spiro atoms. The van der Waals surface area contributed by atoms with E-state index in [2.05, 4.69) is 0 Å². The third-order valence-electron chi connectivity index (χ3n) is 3.15. The molecule has 0 aliphatic carbocycles. The zero-order valence-corrected chi connectivity index (χ0v) is 12.9. The second-order valence-corrected chi connectivity index (χ2v) is 4.95. The van der Waals surface area contributed by atoms with Gasteiger partial charge >= 0.3 is 0 Å². The van der Waals surface area contributed by atoms with Crippen molar-refractivity contribution in [1.82, 2.24) is 0 Å². The van der Waals surface area contributed by atoms with Gasteiger partial charge in [0.05, 0.1) is 18.9 Å². The van der Waals surface area contributed by atoms with Gasteiger partial charge in [-0.25, -0.2) is 4.39 Å². The number of nitrogens with two attached hydrogens (primary N) is 2. The lowest BCUT2D eigenvalue weighted by Gasteiger charge is -2.09. The number of anilines is 2. The Hall–Kier alpha value is -2.53. The molecular weight excluding hydrogens is 295 g/mol. The first-order chi connectivity index (χ1) is 11.2. The second kappa shape index (κ2) is 8.80. The van der Waals surface area contributed by atoms with Crippen LogP contribution in [-0.2, 0) is 4.74 Å². The second-order valence-electron chi connectivity index (χ2n) is 4.95. The largest absolute Gasteiger partial charge is 0.489 e. The zero-order valence-electron chi connectivity index (χ0n) is 12.9. The first-order valence-electron chi connectivity index (χ1n) is 7.38. The molecule has 4 N–H and O–H groups in total. The smallest absolute Gasteiger partial charge is 0.142 e. The van der Waals surface area contributed by atoms with Crippen molar-refractivity contribution in [3.8, 4) is 5.75 Å². The van der Waals surface area contributed by atoms with E-state index >= 15 is 0 Å². The Morgan fingerprint density at radius 2 is 1.57 bits per heavy atom. The molecule has 0 aliphatic rings. The van der Waals surface area contributed by atoms with Crippen LogP contribution in [0.15, 0.2) is 42.5 Å². The molecule has 0 radical (unpaired) electrons. The number of halogens is 1. The summed E-state index contributed by atoms with van der Waals surface area (Å²) in [4.78, 5) is 0. The minimum Gasteiger partial charge on any atom is -0.489 e. The summed E-state index contributed by atoms with van der Waals surface area (Å²) in [5.41, 5.74) is 14.9. The maximum absolute atomic E-state index is 11.9. The molecular formula is C18H21FN2O2. The third-order valence-corrected chi connectivity index (χ3v) is 3.15. The number of nitrogen functional groups attached to an aromatic ring is 2. The molecule has 0 amide bonds. The van der Waals surface area contributed by atoms with Crippen LogP contribution < -0.4 is 16.2 Å². The van der Waals surface area contributed by atoms with Crippen LogP contribution in [0.1, 0.15) is 11.1 Å². The van der Waals surface area contributed by atoms with Crippen molar-refractivity contribution in [2.75, 3.05) is 38.0 Å². The summed E-state index contributed by atoms with van der Waals surface area (Å²) in [7, 11) is 0. The standard InChI is InChI=1S/C18H21FN2O2/c19-9-10-22-11-12-23-18-13-15(5-8-17(18)21)2-1-14-3-6-16(20)7-4-14/h1-8,13H,9-12,20-21H2/b2-1+. The monoisotopic (exact) mass is 316 g/mol. The Balaban J connectivity index is 1.97. The number of hydrogen-bond acceptors (Lipinski definition) is 4. The van der Waals surface area contributed by atoms with Crippen molar-refractivity contribution >= 4 is 23.5 Å². The van der Waals surface area contributed by atoms with Crippen LogP contribution >= 0.6 is 0 Å². The average molecular weight is 316 g/mol. The van der Waals surface area contributed by atoms with Crippen LogP contribution in [0.3, 0.4) is 0 Å². The molecule has 23 heavy (non-hydrogen) atoms. The van der Waals surface area contributed by atoms with Gasteiger partial charge in [0.25, 0.3) is 0 Å². The molecule has 0 unspecified atom stereocenters. The van der Waals surface area contributed by atoms with Gasteiger partial charge in [-0.1, -0.05) is 30.4 Å². The summed E-state index contributed by atoms with van der Waals surface area (Å²) >= 11 is 0. The van der Waals surface area contributed by atoms with Gasteiger partial charge in [-0.05, 0) is 35.4 Å². The van der Waals surface area contributed by atoms with E-state index in [0.717, 1.165) is 16.8 Å². The Morgan fingerprint density at radius 1 is 0.870 bits per heavy atom. The van der Waals surface area contributed by atoms with Gasteiger partial charge in [-0.3, -0.25) is 0 Å². The van der Waals surface area contributed by atoms with Crippen molar-refractivity contribution < 1.29 is 13.9 Å². The van der Waals surface area contributed by atoms with E-state index in [-0.39, 0.29) is 6.61 Å². The lowest BCUT2D eigenvalue weighted by atomic mass is 10.1. The fourth-order valence-corrected chi connectivity index (χ4v) is 1.95. The molecule has 0 bridgehead atoms. The Kier molecular flexibility index (Phi) is 6.44. The van der Waals surface area contributed by atoms with Gasteiger partial charge in [0, 0.05) is 5.69 Å². The number of benzene rings is 2. The van der Waals surface area contributed by atoms with Gasteiger partial charge < -0.3 is 20.9 Å². The summed E-state index contributed by atoms with van der Waals surface area (Å²) in [5, 5.41) is 0. The molecule has 0 aliphatic heterocycles. The molecule has 4 nitrogen and oxygen atoms in total. The molecule has 2 aromatic carbocycles. The molecule has 0 saturated heterocycles. The van der Waals surface area contributed by atoms with Gasteiger partial charge in [-0.15, -0.1) is 0 Å². The minimum atomic E-state index is -0.493. The van der Waals surface area contributed by atoms with E-state index in [1.54, 1.807) is 6.07 Å². The molecule has 0 saturated carbocycles. The zero-order chi connectivity index (χ0) is 16.5. The molecule has 2 aromatic rings. The number of alkyl halides is 1. The predicted octanol–water partition coefficient (Wildman–Crippen LogP) is 3.39. The summed E-state index contributed by atoms with van der Waals surface area (Å²) in [6, 6.07) is 13.2. The molecule has 0 fully saturated rings. The summed E-state index contributed by atoms with van der Waals surface area (Å²) in [5.74, 6) is 0.591. The van der Waals surface area contributed by atoms with Gasteiger partial charge in [0.1, 0.15) is 19.0 Å². The molecule has 122 valence electrons. The normalized spacial score (nSPS) is 11.0. The van der Waals surface area contributed by atoms with E-state index in [0.29, 0.717) is 24.7 Å². The fraction of sp³-hybridized carbons (Fsp3) is 0.222. The van der Waals surface area contributed by atoms with Crippen molar-refractivity contribution in [2.45, 2.75) is 0 Å². The highest BCUT2D eigenvalue weighted by molar-refractivity contribution is 5.72. The lowest BCUT2D eigenvalue weighted by molar-refractivity contribution is 0.0899. The maximum Gasteiger partial charge on any atom is 0.142 e. The highest BCUT2D eigenvalue weighted by atomic mass is 19.1. The highest BCUT2D eigenvalue weighted by Gasteiger charge is 2.01. The number of ether oxygens (including phenoxy) is 2. The minimum absolute atomic E-state index is 0.0865. The van der Waals surface area contributed by atoms with Gasteiger partial charge in [0.2, 0.25) is 0 Å².